The minimum atomic E-state index is -0.472. The molecule has 0 aliphatic carbocycles. The van der Waals surface area contributed by atoms with Crippen LogP contribution in [0.25, 0.3) is 0 Å². The van der Waals surface area contributed by atoms with Crippen molar-refractivity contribution in [2.75, 3.05) is 40.0 Å². The number of nitrogens with zero attached hydrogens (tertiary/aromatic N) is 1. The molecular formula is C20H23FN2O3. The third-order valence-electron chi connectivity index (χ3n) is 4.46. The molecule has 1 aliphatic heterocycles. The van der Waals surface area contributed by atoms with E-state index in [1.54, 1.807) is 0 Å². The van der Waals surface area contributed by atoms with Gasteiger partial charge in [0, 0.05) is 19.6 Å². The minimum Gasteiger partial charge on any atom is -0.496 e. The second kappa shape index (κ2) is 8.78. The average Bonchev–Trinajstić information content (AvgIpc) is 2.69. The van der Waals surface area contributed by atoms with Gasteiger partial charge in [-0.15, -0.1) is 0 Å². The van der Waals surface area contributed by atoms with Crippen LogP contribution in [0.5, 0.6) is 5.75 Å². The van der Waals surface area contributed by atoms with Gasteiger partial charge in [-0.1, -0.05) is 30.3 Å². The Morgan fingerprint density at radius 1 is 1.23 bits per heavy atom. The second-order valence-corrected chi connectivity index (χ2v) is 6.19. The predicted molar refractivity (Wildman–Crippen MR) is 96.9 cm³/mol. The summed E-state index contributed by atoms with van der Waals surface area (Å²) in [6.45, 7) is 3.68. The SMILES string of the molecule is COc1ccc(F)cc1C(=O)NC(CN1CCOCC1)c1ccccc1. The molecule has 1 N–H and O–H groups in total. The van der Waals surface area contributed by atoms with E-state index in [2.05, 4.69) is 10.2 Å². The van der Waals surface area contributed by atoms with E-state index in [1.807, 2.05) is 30.3 Å². The molecule has 1 amide bonds. The fourth-order valence-corrected chi connectivity index (χ4v) is 3.06. The van der Waals surface area contributed by atoms with Gasteiger partial charge < -0.3 is 14.8 Å². The van der Waals surface area contributed by atoms with Crippen LogP contribution in [0.4, 0.5) is 4.39 Å². The molecule has 1 saturated heterocycles. The van der Waals surface area contributed by atoms with Crippen molar-refractivity contribution >= 4 is 5.91 Å². The lowest BCUT2D eigenvalue weighted by Gasteiger charge is -2.31. The summed E-state index contributed by atoms with van der Waals surface area (Å²) in [6.07, 6.45) is 0. The van der Waals surface area contributed by atoms with Crippen molar-refractivity contribution in [3.05, 3.63) is 65.5 Å². The summed E-state index contributed by atoms with van der Waals surface area (Å²) < 4.78 is 24.2. The Kier molecular flexibility index (Phi) is 6.20. The zero-order valence-corrected chi connectivity index (χ0v) is 14.8. The molecule has 6 heteroatoms. The van der Waals surface area contributed by atoms with Crippen LogP contribution in [0.1, 0.15) is 22.0 Å². The quantitative estimate of drug-likeness (QED) is 0.863. The van der Waals surface area contributed by atoms with Crippen molar-refractivity contribution < 1.29 is 18.7 Å². The first-order chi connectivity index (χ1) is 12.7. The number of carbonyl (C=O) groups excluding carboxylic acids is 1. The van der Waals surface area contributed by atoms with E-state index < -0.39 is 5.82 Å². The number of hydrogen-bond donors (Lipinski definition) is 1. The first-order valence-corrected chi connectivity index (χ1v) is 8.67. The van der Waals surface area contributed by atoms with Gasteiger partial charge in [-0.25, -0.2) is 4.39 Å². The standard InChI is InChI=1S/C20H23FN2O3/c1-25-19-8-7-16(21)13-17(19)20(24)22-18(15-5-3-2-4-6-15)14-23-9-11-26-12-10-23/h2-8,13,18H,9-12,14H2,1H3,(H,22,24). The smallest absolute Gasteiger partial charge is 0.255 e. The maximum absolute atomic E-state index is 13.6. The molecule has 1 fully saturated rings. The number of ether oxygens (including phenoxy) is 2. The number of morpholine rings is 1. The lowest BCUT2D eigenvalue weighted by molar-refractivity contribution is 0.0332. The van der Waals surface area contributed by atoms with E-state index in [4.69, 9.17) is 9.47 Å². The Balaban J connectivity index is 1.80. The molecule has 0 spiro atoms. The van der Waals surface area contributed by atoms with Gasteiger partial charge >= 0.3 is 0 Å². The average molecular weight is 358 g/mol. The molecule has 2 aromatic carbocycles. The first kappa shape index (κ1) is 18.4. The summed E-state index contributed by atoms with van der Waals surface area (Å²) in [4.78, 5) is 15.1. The van der Waals surface area contributed by atoms with Crippen LogP contribution in [0, 0.1) is 5.82 Å². The Morgan fingerprint density at radius 2 is 1.96 bits per heavy atom. The number of nitrogens with one attached hydrogen (secondary N) is 1. The number of amides is 1. The zero-order valence-electron chi connectivity index (χ0n) is 14.8. The van der Waals surface area contributed by atoms with Crippen LogP contribution in [0.3, 0.4) is 0 Å². The number of carbonyl (C=O) groups is 1. The largest absolute Gasteiger partial charge is 0.496 e. The fourth-order valence-electron chi connectivity index (χ4n) is 3.06. The monoisotopic (exact) mass is 358 g/mol. The Bertz CT molecular complexity index is 733. The van der Waals surface area contributed by atoms with Gasteiger partial charge in [0.05, 0.1) is 31.9 Å². The van der Waals surface area contributed by atoms with Crippen molar-refractivity contribution in [2.24, 2.45) is 0 Å². The highest BCUT2D eigenvalue weighted by atomic mass is 19.1. The van der Waals surface area contributed by atoms with Crippen LogP contribution in [0.15, 0.2) is 48.5 Å². The van der Waals surface area contributed by atoms with Crippen molar-refractivity contribution in [3.8, 4) is 5.75 Å². The fraction of sp³-hybridized carbons (Fsp3) is 0.350. The predicted octanol–water partition coefficient (Wildman–Crippen LogP) is 2.64. The number of halogens is 1. The topological polar surface area (TPSA) is 50.8 Å². The van der Waals surface area contributed by atoms with Crippen molar-refractivity contribution in [2.45, 2.75) is 6.04 Å². The lowest BCUT2D eigenvalue weighted by atomic mass is 10.0. The van der Waals surface area contributed by atoms with Crippen molar-refractivity contribution in [1.82, 2.24) is 10.2 Å². The summed E-state index contributed by atoms with van der Waals surface area (Å²) in [7, 11) is 1.46. The molecule has 138 valence electrons. The summed E-state index contributed by atoms with van der Waals surface area (Å²) >= 11 is 0. The van der Waals surface area contributed by atoms with Crippen molar-refractivity contribution in [3.63, 3.8) is 0 Å². The Hall–Kier alpha value is -2.44. The Labute approximate surface area is 152 Å². The number of rotatable bonds is 6. The molecule has 0 aromatic heterocycles. The summed E-state index contributed by atoms with van der Waals surface area (Å²) in [5.41, 5.74) is 1.19. The van der Waals surface area contributed by atoms with Crippen LogP contribution in [-0.4, -0.2) is 50.8 Å². The highest BCUT2D eigenvalue weighted by Crippen LogP contribution is 2.22. The van der Waals surface area contributed by atoms with E-state index in [9.17, 15) is 9.18 Å². The maximum atomic E-state index is 13.6. The minimum absolute atomic E-state index is 0.190. The van der Waals surface area contributed by atoms with Gasteiger partial charge in [0.1, 0.15) is 11.6 Å². The van der Waals surface area contributed by atoms with Gasteiger partial charge in [-0.2, -0.15) is 0 Å². The zero-order chi connectivity index (χ0) is 18.4. The molecular weight excluding hydrogens is 335 g/mol. The van der Waals surface area contributed by atoms with Gasteiger partial charge in [-0.05, 0) is 23.8 Å². The normalized spacial score (nSPS) is 16.1. The Morgan fingerprint density at radius 3 is 2.65 bits per heavy atom. The lowest BCUT2D eigenvalue weighted by Crippen LogP contribution is -2.43. The molecule has 0 radical (unpaired) electrons. The van der Waals surface area contributed by atoms with Crippen LogP contribution >= 0.6 is 0 Å². The van der Waals surface area contributed by atoms with Gasteiger partial charge in [0.25, 0.3) is 5.91 Å². The maximum Gasteiger partial charge on any atom is 0.255 e. The third-order valence-corrected chi connectivity index (χ3v) is 4.46. The number of methoxy groups -OCH3 is 1. The van der Waals surface area contributed by atoms with Gasteiger partial charge in [0.15, 0.2) is 0 Å². The highest BCUT2D eigenvalue weighted by molar-refractivity contribution is 5.97. The van der Waals surface area contributed by atoms with Crippen LogP contribution < -0.4 is 10.1 Å². The van der Waals surface area contributed by atoms with Crippen LogP contribution in [-0.2, 0) is 4.74 Å². The van der Waals surface area contributed by atoms with Crippen LogP contribution in [0.2, 0.25) is 0 Å². The van der Waals surface area contributed by atoms with E-state index in [-0.39, 0.29) is 17.5 Å². The molecule has 1 aliphatic rings. The van der Waals surface area contributed by atoms with E-state index >= 15 is 0 Å². The first-order valence-electron chi connectivity index (χ1n) is 8.67. The molecule has 1 unspecified atom stereocenters. The molecule has 5 nitrogen and oxygen atoms in total. The summed E-state index contributed by atoms with van der Waals surface area (Å²) in [5.74, 6) is -0.481. The van der Waals surface area contributed by atoms with E-state index in [0.717, 1.165) is 18.7 Å². The third kappa shape index (κ3) is 4.59. The van der Waals surface area contributed by atoms with Crippen molar-refractivity contribution in [1.29, 1.82) is 0 Å². The van der Waals surface area contributed by atoms with Gasteiger partial charge in [-0.3, -0.25) is 9.69 Å². The highest BCUT2D eigenvalue weighted by Gasteiger charge is 2.22. The molecule has 1 atom stereocenters. The molecule has 3 rings (SSSR count). The molecule has 0 bridgehead atoms. The molecule has 0 saturated carbocycles. The summed E-state index contributed by atoms with van der Waals surface area (Å²) in [6, 6.07) is 13.5. The van der Waals surface area contributed by atoms with E-state index in [1.165, 1.54) is 25.3 Å². The molecule has 26 heavy (non-hydrogen) atoms. The molecule has 1 heterocycles. The summed E-state index contributed by atoms with van der Waals surface area (Å²) in [5, 5.41) is 3.03. The van der Waals surface area contributed by atoms with E-state index in [0.29, 0.717) is 25.5 Å². The number of benzene rings is 2. The molecule has 2 aromatic rings. The number of hydrogen-bond acceptors (Lipinski definition) is 4. The second-order valence-electron chi connectivity index (χ2n) is 6.19. The van der Waals surface area contributed by atoms with Gasteiger partial charge in [0.2, 0.25) is 0 Å².